The summed E-state index contributed by atoms with van der Waals surface area (Å²) in [6.45, 7) is 3.79. The van der Waals surface area contributed by atoms with Crippen molar-refractivity contribution in [2.45, 2.75) is 44.6 Å². The van der Waals surface area contributed by atoms with Crippen molar-refractivity contribution in [3.63, 3.8) is 0 Å². The van der Waals surface area contributed by atoms with E-state index in [1.165, 1.54) is 6.20 Å². The summed E-state index contributed by atoms with van der Waals surface area (Å²) >= 11 is 0. The summed E-state index contributed by atoms with van der Waals surface area (Å²) in [7, 11) is 0. The Bertz CT molecular complexity index is 652. The van der Waals surface area contributed by atoms with Crippen molar-refractivity contribution < 1.29 is 14.3 Å². The van der Waals surface area contributed by atoms with E-state index in [0.29, 0.717) is 12.1 Å². The summed E-state index contributed by atoms with van der Waals surface area (Å²) in [5, 5.41) is 0. The van der Waals surface area contributed by atoms with Crippen LogP contribution in [0.3, 0.4) is 0 Å². The number of likely N-dealkylation sites (tertiary alicyclic amines) is 2. The quantitative estimate of drug-likeness (QED) is 0.818. The van der Waals surface area contributed by atoms with Gasteiger partial charge in [0.25, 0.3) is 5.91 Å². The van der Waals surface area contributed by atoms with Gasteiger partial charge in [0.2, 0.25) is 5.91 Å². The number of amides is 2. The molecule has 1 atom stereocenters. The predicted octanol–water partition coefficient (Wildman–Crippen LogP) is 1.50. The highest BCUT2D eigenvalue weighted by molar-refractivity contribution is 5.92. The highest BCUT2D eigenvalue weighted by atomic mass is 16.5. The molecule has 1 aromatic rings. The third-order valence-corrected chi connectivity index (χ3v) is 6.09. The van der Waals surface area contributed by atoms with Gasteiger partial charge in [0.15, 0.2) is 0 Å². The number of aromatic nitrogens is 2. The molecule has 26 heavy (non-hydrogen) atoms. The van der Waals surface area contributed by atoms with Gasteiger partial charge in [-0.2, -0.15) is 0 Å². The minimum absolute atomic E-state index is 0.0453. The number of hydrogen-bond donors (Lipinski definition) is 0. The number of ether oxygens (including phenoxy) is 1. The molecule has 0 saturated carbocycles. The van der Waals surface area contributed by atoms with E-state index < -0.39 is 0 Å². The average molecular weight is 358 g/mol. The molecular weight excluding hydrogens is 332 g/mol. The second kappa shape index (κ2) is 7.31. The molecule has 7 nitrogen and oxygen atoms in total. The second-order valence-electron chi connectivity index (χ2n) is 7.79. The molecule has 3 aliphatic heterocycles. The molecule has 7 heteroatoms. The monoisotopic (exact) mass is 358 g/mol. The molecule has 1 aromatic heterocycles. The highest BCUT2D eigenvalue weighted by Crippen LogP contribution is 2.40. The number of rotatable bonds is 3. The van der Waals surface area contributed by atoms with E-state index in [2.05, 4.69) is 9.97 Å². The van der Waals surface area contributed by atoms with Crippen LogP contribution in [0.4, 0.5) is 0 Å². The summed E-state index contributed by atoms with van der Waals surface area (Å²) in [4.78, 5) is 36.9. The Kier molecular flexibility index (Phi) is 4.89. The SMILES string of the molecule is O=C1CCC2(CCN(C(=O)c3cnccn3)CC2)CN1C[C@@H]1CCCO1. The summed E-state index contributed by atoms with van der Waals surface area (Å²) in [6, 6.07) is 0. The molecule has 0 bridgehead atoms. The van der Waals surface area contributed by atoms with E-state index in [4.69, 9.17) is 4.74 Å². The van der Waals surface area contributed by atoms with Gasteiger partial charge >= 0.3 is 0 Å². The smallest absolute Gasteiger partial charge is 0.274 e. The zero-order valence-corrected chi connectivity index (χ0v) is 15.1. The minimum atomic E-state index is -0.0453. The topological polar surface area (TPSA) is 75.6 Å². The molecule has 140 valence electrons. The summed E-state index contributed by atoms with van der Waals surface area (Å²) in [5.41, 5.74) is 0.549. The van der Waals surface area contributed by atoms with Crippen molar-refractivity contribution in [1.29, 1.82) is 0 Å². The molecule has 3 aliphatic rings. The van der Waals surface area contributed by atoms with Crippen LogP contribution in [0.5, 0.6) is 0 Å². The maximum Gasteiger partial charge on any atom is 0.274 e. The third kappa shape index (κ3) is 3.58. The first-order valence-corrected chi connectivity index (χ1v) is 9.60. The fraction of sp³-hybridized carbons (Fsp3) is 0.684. The first kappa shape index (κ1) is 17.4. The van der Waals surface area contributed by atoms with Gasteiger partial charge < -0.3 is 14.5 Å². The zero-order valence-electron chi connectivity index (χ0n) is 15.1. The maximum atomic E-state index is 12.6. The fourth-order valence-corrected chi connectivity index (χ4v) is 4.47. The minimum Gasteiger partial charge on any atom is -0.376 e. The molecule has 0 aromatic carbocycles. The van der Waals surface area contributed by atoms with Gasteiger partial charge in [-0.3, -0.25) is 14.6 Å². The Morgan fingerprint density at radius 3 is 2.81 bits per heavy atom. The Hall–Kier alpha value is -2.02. The van der Waals surface area contributed by atoms with Gasteiger partial charge in [0.1, 0.15) is 5.69 Å². The Labute approximate surface area is 153 Å². The van der Waals surface area contributed by atoms with Crippen LogP contribution in [0.1, 0.15) is 49.0 Å². The predicted molar refractivity (Wildman–Crippen MR) is 94.4 cm³/mol. The van der Waals surface area contributed by atoms with Crippen molar-refractivity contribution in [3.8, 4) is 0 Å². The lowest BCUT2D eigenvalue weighted by molar-refractivity contribution is -0.141. The molecular formula is C19H26N4O3. The standard InChI is InChI=1S/C19H26N4O3/c24-17-3-4-19(14-23(17)13-15-2-1-11-26-15)5-9-22(10-6-19)18(25)16-12-20-7-8-21-16/h7-8,12,15H,1-6,9-11,13-14H2/t15-/m0/s1. The fourth-order valence-electron chi connectivity index (χ4n) is 4.47. The van der Waals surface area contributed by atoms with Gasteiger partial charge in [0.05, 0.1) is 12.3 Å². The highest BCUT2D eigenvalue weighted by Gasteiger charge is 2.42. The van der Waals surface area contributed by atoms with Crippen LogP contribution in [-0.2, 0) is 9.53 Å². The molecule has 2 amide bonds. The molecule has 1 spiro atoms. The molecule has 0 unspecified atom stereocenters. The van der Waals surface area contributed by atoms with E-state index in [1.54, 1.807) is 12.4 Å². The van der Waals surface area contributed by atoms with Gasteiger partial charge in [-0.15, -0.1) is 0 Å². The number of hydrogen-bond acceptors (Lipinski definition) is 5. The van der Waals surface area contributed by atoms with Crippen LogP contribution in [-0.4, -0.2) is 70.5 Å². The Morgan fingerprint density at radius 1 is 1.27 bits per heavy atom. The van der Waals surface area contributed by atoms with Crippen LogP contribution in [0.2, 0.25) is 0 Å². The van der Waals surface area contributed by atoms with Crippen LogP contribution in [0.25, 0.3) is 0 Å². The van der Waals surface area contributed by atoms with E-state index >= 15 is 0 Å². The molecule has 3 saturated heterocycles. The van der Waals surface area contributed by atoms with E-state index in [0.717, 1.165) is 64.9 Å². The Balaban J connectivity index is 1.36. The molecule has 3 fully saturated rings. The second-order valence-corrected chi connectivity index (χ2v) is 7.79. The van der Waals surface area contributed by atoms with Crippen LogP contribution < -0.4 is 0 Å². The lowest BCUT2D eigenvalue weighted by atomic mass is 9.72. The summed E-state index contributed by atoms with van der Waals surface area (Å²) in [5.74, 6) is 0.209. The van der Waals surface area contributed by atoms with Gasteiger partial charge in [0, 0.05) is 51.6 Å². The Morgan fingerprint density at radius 2 is 2.12 bits per heavy atom. The van der Waals surface area contributed by atoms with Crippen molar-refractivity contribution in [2.24, 2.45) is 5.41 Å². The van der Waals surface area contributed by atoms with E-state index in [-0.39, 0.29) is 23.3 Å². The normalized spacial score (nSPS) is 25.7. The average Bonchev–Trinajstić information content (AvgIpc) is 3.19. The van der Waals surface area contributed by atoms with Crippen molar-refractivity contribution >= 4 is 11.8 Å². The molecule has 4 heterocycles. The first-order chi connectivity index (χ1) is 12.7. The van der Waals surface area contributed by atoms with Crippen molar-refractivity contribution in [2.75, 3.05) is 32.8 Å². The van der Waals surface area contributed by atoms with Crippen LogP contribution in [0, 0.1) is 5.41 Å². The summed E-state index contributed by atoms with van der Waals surface area (Å²) in [6.07, 6.45) is 10.4. The van der Waals surface area contributed by atoms with Gasteiger partial charge in [-0.05, 0) is 37.5 Å². The number of piperidine rings is 2. The van der Waals surface area contributed by atoms with Crippen LogP contribution >= 0.6 is 0 Å². The van der Waals surface area contributed by atoms with Crippen LogP contribution in [0.15, 0.2) is 18.6 Å². The van der Waals surface area contributed by atoms with E-state index in [9.17, 15) is 9.59 Å². The zero-order chi connectivity index (χ0) is 18.0. The lowest BCUT2D eigenvalue weighted by Crippen LogP contribution is -2.53. The first-order valence-electron chi connectivity index (χ1n) is 9.60. The number of carbonyl (C=O) groups is 2. The van der Waals surface area contributed by atoms with Crippen molar-refractivity contribution in [1.82, 2.24) is 19.8 Å². The molecule has 0 N–H and O–H groups in total. The lowest BCUT2D eigenvalue weighted by Gasteiger charge is -2.47. The number of carbonyl (C=O) groups excluding carboxylic acids is 2. The van der Waals surface area contributed by atoms with Gasteiger partial charge in [-0.1, -0.05) is 0 Å². The third-order valence-electron chi connectivity index (χ3n) is 6.09. The van der Waals surface area contributed by atoms with Crippen molar-refractivity contribution in [3.05, 3.63) is 24.3 Å². The molecule has 0 radical (unpaired) electrons. The van der Waals surface area contributed by atoms with E-state index in [1.807, 2.05) is 9.80 Å². The van der Waals surface area contributed by atoms with Gasteiger partial charge in [-0.25, -0.2) is 4.98 Å². The summed E-state index contributed by atoms with van der Waals surface area (Å²) < 4.78 is 5.72. The molecule has 4 rings (SSSR count). The largest absolute Gasteiger partial charge is 0.376 e. The number of nitrogens with zero attached hydrogens (tertiary/aromatic N) is 4. The molecule has 0 aliphatic carbocycles. The maximum absolute atomic E-state index is 12.6.